The van der Waals surface area contributed by atoms with Gasteiger partial charge >= 0.3 is 0 Å². The summed E-state index contributed by atoms with van der Waals surface area (Å²) in [6, 6.07) is 9.07. The Morgan fingerprint density at radius 3 is 2.67 bits per heavy atom. The Morgan fingerprint density at radius 2 is 1.97 bits per heavy atom. The molecule has 1 aromatic carbocycles. The van der Waals surface area contributed by atoms with Crippen molar-refractivity contribution in [2.45, 2.75) is 76.7 Å². The SMILES string of the molecule is Cc1ccc(S(=O)(=O)N/N=C/[C@@]2(C)CC[C@H]3[C@@H](CC=C4C[C@@H](O)CC[C@@]43C)[C@@H]2CC#N)cc1. The molecule has 2 saturated carbocycles. The first-order valence-electron chi connectivity index (χ1n) is 12.0. The molecule has 0 unspecified atom stereocenters. The Hall–Kier alpha value is -2.17. The average molecular weight is 470 g/mol. The van der Waals surface area contributed by atoms with Crippen molar-refractivity contribution in [1.29, 1.82) is 5.26 Å². The van der Waals surface area contributed by atoms with Crippen LogP contribution in [0.2, 0.25) is 0 Å². The standard InChI is InChI=1S/C26H35N3O3S/c1-18-4-7-21(8-5-18)33(31,32)29-28-17-25(2)13-11-24-22(23(25)12-15-27)9-6-19-16-20(30)10-14-26(19,24)3/h4-8,17,20,22-24,29-30H,9-14,16H2,1-3H3/b28-17+/t20-,22-,23-,24-,25+,26-/m0/s1. The summed E-state index contributed by atoms with van der Waals surface area (Å²) in [4.78, 5) is 2.56. The molecule has 0 saturated heterocycles. The number of sulfonamides is 1. The normalized spacial score (nSPS) is 36.4. The number of aryl methyl sites for hydroxylation is 1. The van der Waals surface area contributed by atoms with Crippen LogP contribution < -0.4 is 4.83 Å². The number of nitrogens with zero attached hydrogens (tertiary/aromatic N) is 2. The molecule has 0 spiro atoms. The Morgan fingerprint density at radius 1 is 1.24 bits per heavy atom. The molecule has 7 heteroatoms. The van der Waals surface area contributed by atoms with E-state index in [0.29, 0.717) is 18.3 Å². The second kappa shape index (κ2) is 8.88. The van der Waals surface area contributed by atoms with E-state index in [9.17, 15) is 18.8 Å². The number of allylic oxidation sites excluding steroid dienone is 1. The van der Waals surface area contributed by atoms with Crippen molar-refractivity contribution in [3.05, 3.63) is 41.5 Å². The lowest BCUT2D eigenvalue weighted by Crippen LogP contribution is -2.51. The van der Waals surface area contributed by atoms with Gasteiger partial charge in [0.1, 0.15) is 0 Å². The molecule has 33 heavy (non-hydrogen) atoms. The van der Waals surface area contributed by atoms with Gasteiger partial charge in [-0.2, -0.15) is 18.8 Å². The fourth-order valence-corrected chi connectivity index (χ4v) is 7.44. The maximum atomic E-state index is 12.6. The van der Waals surface area contributed by atoms with Gasteiger partial charge in [-0.25, -0.2) is 4.83 Å². The molecule has 178 valence electrons. The number of aliphatic hydroxyl groups excluding tert-OH is 1. The molecule has 6 atom stereocenters. The third-order valence-electron chi connectivity index (χ3n) is 8.69. The van der Waals surface area contributed by atoms with E-state index in [0.717, 1.165) is 44.1 Å². The largest absolute Gasteiger partial charge is 0.393 e. The third-order valence-corrected chi connectivity index (χ3v) is 9.93. The van der Waals surface area contributed by atoms with Crippen LogP contribution in [-0.4, -0.2) is 25.8 Å². The molecule has 0 amide bonds. The van der Waals surface area contributed by atoms with E-state index in [2.05, 4.69) is 35.9 Å². The van der Waals surface area contributed by atoms with E-state index >= 15 is 0 Å². The van der Waals surface area contributed by atoms with E-state index in [1.54, 1.807) is 30.5 Å². The van der Waals surface area contributed by atoms with Crippen molar-refractivity contribution < 1.29 is 13.5 Å². The summed E-state index contributed by atoms with van der Waals surface area (Å²) in [5.41, 5.74) is 2.11. The van der Waals surface area contributed by atoms with Crippen molar-refractivity contribution in [2.75, 3.05) is 0 Å². The molecule has 0 bridgehead atoms. The van der Waals surface area contributed by atoms with E-state index in [4.69, 9.17) is 0 Å². The van der Waals surface area contributed by atoms with Crippen molar-refractivity contribution in [3.8, 4) is 6.07 Å². The van der Waals surface area contributed by atoms with Crippen LogP contribution in [0, 0.1) is 46.8 Å². The minimum atomic E-state index is -3.73. The van der Waals surface area contributed by atoms with Gasteiger partial charge < -0.3 is 5.11 Å². The molecule has 3 aliphatic carbocycles. The number of aliphatic hydroxyl groups is 1. The van der Waals surface area contributed by atoms with Crippen molar-refractivity contribution in [3.63, 3.8) is 0 Å². The van der Waals surface area contributed by atoms with Crippen LogP contribution in [0.1, 0.15) is 64.4 Å². The topological polar surface area (TPSA) is 103 Å². The molecule has 2 N–H and O–H groups in total. The van der Waals surface area contributed by atoms with Crippen molar-refractivity contribution in [1.82, 2.24) is 4.83 Å². The van der Waals surface area contributed by atoms with Crippen molar-refractivity contribution >= 4 is 16.2 Å². The van der Waals surface area contributed by atoms with Crippen LogP contribution in [-0.2, 0) is 10.0 Å². The second-order valence-electron chi connectivity index (χ2n) is 10.7. The first-order valence-corrected chi connectivity index (χ1v) is 13.4. The monoisotopic (exact) mass is 469 g/mol. The lowest BCUT2D eigenvalue weighted by atomic mass is 9.47. The second-order valence-corrected chi connectivity index (χ2v) is 12.4. The molecule has 0 heterocycles. The van der Waals surface area contributed by atoms with Gasteiger partial charge in [0, 0.05) is 18.1 Å². The molecule has 1 aromatic rings. The molecular weight excluding hydrogens is 434 g/mol. The van der Waals surface area contributed by atoms with E-state index < -0.39 is 10.0 Å². The summed E-state index contributed by atoms with van der Waals surface area (Å²) >= 11 is 0. The number of hydrazone groups is 1. The predicted molar refractivity (Wildman–Crippen MR) is 129 cm³/mol. The summed E-state index contributed by atoms with van der Waals surface area (Å²) in [5, 5.41) is 24.0. The van der Waals surface area contributed by atoms with Gasteiger partial charge in [-0.05, 0) is 80.8 Å². The van der Waals surface area contributed by atoms with Gasteiger partial charge in [0.2, 0.25) is 0 Å². The summed E-state index contributed by atoms with van der Waals surface area (Å²) in [6.45, 7) is 6.37. The lowest BCUT2D eigenvalue weighted by molar-refractivity contribution is -0.0234. The number of hydrogen-bond acceptors (Lipinski definition) is 5. The molecule has 4 rings (SSSR count). The Bertz CT molecular complexity index is 1090. The highest BCUT2D eigenvalue weighted by atomic mass is 32.2. The zero-order chi connectivity index (χ0) is 23.9. The van der Waals surface area contributed by atoms with Crippen LogP contribution in [0.4, 0.5) is 0 Å². The van der Waals surface area contributed by atoms with Crippen LogP contribution in [0.15, 0.2) is 45.9 Å². The predicted octanol–water partition coefficient (Wildman–Crippen LogP) is 4.70. The van der Waals surface area contributed by atoms with Gasteiger partial charge in [0.05, 0.1) is 17.1 Å². The van der Waals surface area contributed by atoms with Gasteiger partial charge in [0.25, 0.3) is 10.0 Å². The lowest BCUT2D eigenvalue weighted by Gasteiger charge is -2.57. The van der Waals surface area contributed by atoms with Crippen molar-refractivity contribution in [2.24, 2.45) is 33.7 Å². The minimum absolute atomic E-state index is 0.0847. The van der Waals surface area contributed by atoms with Crippen LogP contribution in [0.5, 0.6) is 0 Å². The van der Waals surface area contributed by atoms with Crippen LogP contribution >= 0.6 is 0 Å². The summed E-state index contributed by atoms with van der Waals surface area (Å²) < 4.78 is 25.3. The molecule has 0 radical (unpaired) electrons. The third kappa shape index (κ3) is 4.48. The van der Waals surface area contributed by atoms with E-state index in [1.165, 1.54) is 5.57 Å². The summed E-state index contributed by atoms with van der Waals surface area (Å²) in [6.07, 6.45) is 9.62. The van der Waals surface area contributed by atoms with Gasteiger partial charge in [-0.15, -0.1) is 0 Å². The highest BCUT2D eigenvalue weighted by Gasteiger charge is 2.54. The summed E-state index contributed by atoms with van der Waals surface area (Å²) in [7, 11) is -3.73. The quantitative estimate of drug-likeness (QED) is 0.370. The molecule has 0 aromatic heterocycles. The van der Waals surface area contributed by atoms with Gasteiger partial charge in [0.15, 0.2) is 0 Å². The van der Waals surface area contributed by atoms with Crippen LogP contribution in [0.25, 0.3) is 0 Å². The average Bonchev–Trinajstić information content (AvgIpc) is 2.76. The molecule has 2 fully saturated rings. The Labute approximate surface area is 197 Å². The molecule has 6 nitrogen and oxygen atoms in total. The molecule has 3 aliphatic rings. The number of rotatable bonds is 5. The smallest absolute Gasteiger partial charge is 0.276 e. The molecular formula is C26H35N3O3S. The Kier molecular flexibility index (Phi) is 6.45. The first kappa shape index (κ1) is 24.0. The number of benzene rings is 1. The molecule has 0 aliphatic heterocycles. The maximum absolute atomic E-state index is 12.6. The zero-order valence-electron chi connectivity index (χ0n) is 19.8. The minimum Gasteiger partial charge on any atom is -0.393 e. The number of fused-ring (bicyclic) bond motifs is 3. The van der Waals surface area contributed by atoms with E-state index in [-0.39, 0.29) is 27.7 Å². The number of nitriles is 1. The first-order chi connectivity index (χ1) is 15.6. The van der Waals surface area contributed by atoms with Crippen LogP contribution in [0.3, 0.4) is 0 Å². The zero-order valence-corrected chi connectivity index (χ0v) is 20.6. The fourth-order valence-electron chi connectivity index (χ4n) is 6.65. The number of hydrogen-bond donors (Lipinski definition) is 2. The van der Waals surface area contributed by atoms with E-state index in [1.807, 2.05) is 6.92 Å². The Balaban J connectivity index is 1.56. The maximum Gasteiger partial charge on any atom is 0.276 e. The summed E-state index contributed by atoms with van der Waals surface area (Å²) in [5.74, 6) is 0.942. The van der Waals surface area contributed by atoms with Gasteiger partial charge in [-0.1, -0.05) is 43.2 Å². The van der Waals surface area contributed by atoms with Gasteiger partial charge in [-0.3, -0.25) is 0 Å². The number of nitrogens with one attached hydrogen (secondary N) is 1. The highest BCUT2D eigenvalue weighted by Crippen LogP contribution is 2.61. The highest BCUT2D eigenvalue weighted by molar-refractivity contribution is 7.89. The fraction of sp³-hybridized carbons (Fsp3) is 0.615.